The number of hydrogen-bond acceptors (Lipinski definition) is 4. The lowest BCUT2D eigenvalue weighted by molar-refractivity contribution is -0.141. The van der Waals surface area contributed by atoms with Crippen LogP contribution in [0.2, 0.25) is 0 Å². The molecule has 0 spiro atoms. The summed E-state index contributed by atoms with van der Waals surface area (Å²) in [5, 5.41) is 0. The van der Waals surface area contributed by atoms with Crippen LogP contribution in [0.15, 0.2) is 36.5 Å². The number of benzene rings is 1. The number of anilines is 2. The van der Waals surface area contributed by atoms with Crippen molar-refractivity contribution in [3.63, 3.8) is 0 Å². The largest absolute Gasteiger partial charge is 0.433 e. The Kier molecular flexibility index (Phi) is 4.49. The summed E-state index contributed by atoms with van der Waals surface area (Å²) in [5.74, 6) is 0.0463. The van der Waals surface area contributed by atoms with E-state index in [1.165, 1.54) is 5.56 Å². The van der Waals surface area contributed by atoms with Gasteiger partial charge in [-0.05, 0) is 37.0 Å². The lowest BCUT2D eigenvalue weighted by Gasteiger charge is -2.33. The van der Waals surface area contributed by atoms with Crippen LogP contribution < -0.4 is 9.80 Å². The normalized spacial score (nSPS) is 17.9. The lowest BCUT2D eigenvalue weighted by Crippen LogP contribution is -2.42. The van der Waals surface area contributed by atoms with Crippen LogP contribution in [0.25, 0.3) is 0 Å². The molecule has 5 nitrogen and oxygen atoms in total. The molecule has 1 aromatic heterocycles. The third kappa shape index (κ3) is 3.48. The van der Waals surface area contributed by atoms with Gasteiger partial charge in [0.05, 0.1) is 0 Å². The van der Waals surface area contributed by atoms with E-state index < -0.39 is 11.9 Å². The fraction of sp³-hybridized carbons (Fsp3) is 0.421. The monoisotopic (exact) mass is 376 g/mol. The van der Waals surface area contributed by atoms with Crippen LogP contribution in [0, 0.1) is 5.92 Å². The molecule has 0 atom stereocenters. The number of carbonyl (C=O) groups is 1. The molecule has 0 saturated carbocycles. The van der Waals surface area contributed by atoms with Gasteiger partial charge in [0, 0.05) is 37.4 Å². The van der Waals surface area contributed by atoms with E-state index in [1.54, 1.807) is 4.90 Å². The van der Waals surface area contributed by atoms with Crippen LogP contribution in [0.1, 0.15) is 24.1 Å². The van der Waals surface area contributed by atoms with Crippen molar-refractivity contribution < 1.29 is 18.0 Å². The number of rotatable bonds is 2. The van der Waals surface area contributed by atoms with Crippen LogP contribution in [0.4, 0.5) is 24.8 Å². The second kappa shape index (κ2) is 6.83. The van der Waals surface area contributed by atoms with Gasteiger partial charge in [0.1, 0.15) is 5.69 Å². The van der Waals surface area contributed by atoms with Crippen molar-refractivity contribution >= 4 is 17.5 Å². The van der Waals surface area contributed by atoms with Crippen molar-refractivity contribution in [1.29, 1.82) is 0 Å². The number of carbonyl (C=O) groups excluding carboxylic acids is 1. The van der Waals surface area contributed by atoms with Gasteiger partial charge in [0.2, 0.25) is 11.9 Å². The molecule has 2 aromatic rings. The molecule has 0 bridgehead atoms. The number of aromatic nitrogens is 2. The van der Waals surface area contributed by atoms with E-state index in [-0.39, 0.29) is 17.8 Å². The van der Waals surface area contributed by atoms with Crippen molar-refractivity contribution in [3.8, 4) is 0 Å². The first-order valence-corrected chi connectivity index (χ1v) is 8.98. The van der Waals surface area contributed by atoms with E-state index in [2.05, 4.69) is 9.97 Å². The number of para-hydroxylation sites is 1. The maximum Gasteiger partial charge on any atom is 0.433 e. The second-order valence-corrected chi connectivity index (χ2v) is 6.87. The SMILES string of the molecule is O=C(C1CCN(c2nccc(C(F)(F)F)n2)CC1)N1CCc2ccccc21. The van der Waals surface area contributed by atoms with Gasteiger partial charge < -0.3 is 9.80 Å². The molecule has 1 amide bonds. The number of piperidine rings is 1. The number of alkyl halides is 3. The van der Waals surface area contributed by atoms with Crippen LogP contribution in [0.5, 0.6) is 0 Å². The summed E-state index contributed by atoms with van der Waals surface area (Å²) in [7, 11) is 0. The summed E-state index contributed by atoms with van der Waals surface area (Å²) in [6, 6.07) is 8.77. The summed E-state index contributed by atoms with van der Waals surface area (Å²) in [5.41, 5.74) is 1.21. The van der Waals surface area contributed by atoms with Gasteiger partial charge in [-0.3, -0.25) is 4.79 Å². The average molecular weight is 376 g/mol. The highest BCUT2D eigenvalue weighted by Crippen LogP contribution is 2.32. The quantitative estimate of drug-likeness (QED) is 0.807. The zero-order valence-corrected chi connectivity index (χ0v) is 14.6. The second-order valence-electron chi connectivity index (χ2n) is 6.87. The average Bonchev–Trinajstić information content (AvgIpc) is 3.11. The molecule has 0 unspecified atom stereocenters. The Balaban J connectivity index is 1.42. The fourth-order valence-corrected chi connectivity index (χ4v) is 3.77. The summed E-state index contributed by atoms with van der Waals surface area (Å²) in [6.07, 6.45) is -1.34. The molecule has 4 rings (SSSR count). The standard InChI is InChI=1S/C19H19F3N4O/c20-19(21,22)16-5-9-23-18(24-16)25-10-6-14(7-11-25)17(27)26-12-8-13-3-1-2-4-15(13)26/h1-5,9,14H,6-8,10-12H2. The Bertz CT molecular complexity index is 847. The van der Waals surface area contributed by atoms with Crippen LogP contribution >= 0.6 is 0 Å². The van der Waals surface area contributed by atoms with Crippen molar-refractivity contribution in [2.45, 2.75) is 25.4 Å². The van der Waals surface area contributed by atoms with Gasteiger partial charge in [-0.2, -0.15) is 13.2 Å². The lowest BCUT2D eigenvalue weighted by atomic mass is 9.95. The molecule has 2 aliphatic heterocycles. The highest BCUT2D eigenvalue weighted by molar-refractivity contribution is 5.97. The van der Waals surface area contributed by atoms with E-state index in [0.717, 1.165) is 24.4 Å². The van der Waals surface area contributed by atoms with Crippen molar-refractivity contribution in [2.75, 3.05) is 29.4 Å². The molecule has 1 saturated heterocycles. The Hall–Kier alpha value is -2.64. The molecule has 3 heterocycles. The molecule has 0 N–H and O–H groups in total. The van der Waals surface area contributed by atoms with Gasteiger partial charge in [0.15, 0.2) is 0 Å². The summed E-state index contributed by atoms with van der Waals surface area (Å²) in [6.45, 7) is 1.62. The molecule has 1 fully saturated rings. The number of hydrogen-bond donors (Lipinski definition) is 0. The van der Waals surface area contributed by atoms with Crippen molar-refractivity contribution in [1.82, 2.24) is 9.97 Å². The molecule has 0 radical (unpaired) electrons. The van der Waals surface area contributed by atoms with Gasteiger partial charge in [-0.15, -0.1) is 0 Å². The van der Waals surface area contributed by atoms with Gasteiger partial charge in [-0.1, -0.05) is 18.2 Å². The van der Waals surface area contributed by atoms with Crippen molar-refractivity contribution in [2.24, 2.45) is 5.92 Å². The fourth-order valence-electron chi connectivity index (χ4n) is 3.77. The molecule has 142 valence electrons. The van der Waals surface area contributed by atoms with Crippen LogP contribution in [-0.4, -0.2) is 35.5 Å². The van der Waals surface area contributed by atoms with Gasteiger partial charge >= 0.3 is 6.18 Å². The zero-order chi connectivity index (χ0) is 19.0. The van der Waals surface area contributed by atoms with Gasteiger partial charge in [0.25, 0.3) is 0 Å². The molecular formula is C19H19F3N4O. The third-order valence-corrected chi connectivity index (χ3v) is 5.21. The summed E-state index contributed by atoms with van der Waals surface area (Å²) in [4.78, 5) is 24.1. The number of amides is 1. The molecule has 2 aliphatic rings. The predicted octanol–water partition coefficient (Wildman–Crippen LogP) is 3.30. The molecule has 1 aromatic carbocycles. The topological polar surface area (TPSA) is 49.3 Å². The minimum atomic E-state index is -4.49. The summed E-state index contributed by atoms with van der Waals surface area (Å²) >= 11 is 0. The third-order valence-electron chi connectivity index (χ3n) is 5.21. The minimum absolute atomic E-state index is 0.0715. The number of nitrogens with zero attached hydrogens (tertiary/aromatic N) is 4. The first-order chi connectivity index (χ1) is 12.9. The van der Waals surface area contributed by atoms with E-state index in [0.29, 0.717) is 32.5 Å². The predicted molar refractivity (Wildman–Crippen MR) is 94.5 cm³/mol. The molecular weight excluding hydrogens is 357 g/mol. The van der Waals surface area contributed by atoms with E-state index >= 15 is 0 Å². The smallest absolute Gasteiger partial charge is 0.341 e. The number of fused-ring (bicyclic) bond motifs is 1. The molecule has 0 aliphatic carbocycles. The minimum Gasteiger partial charge on any atom is -0.341 e. The molecule has 27 heavy (non-hydrogen) atoms. The number of halogens is 3. The highest BCUT2D eigenvalue weighted by Gasteiger charge is 2.35. The van der Waals surface area contributed by atoms with E-state index in [9.17, 15) is 18.0 Å². The maximum absolute atomic E-state index is 12.9. The maximum atomic E-state index is 12.9. The van der Waals surface area contributed by atoms with E-state index in [4.69, 9.17) is 0 Å². The van der Waals surface area contributed by atoms with E-state index in [1.807, 2.05) is 29.2 Å². The highest BCUT2D eigenvalue weighted by atomic mass is 19.4. The first-order valence-electron chi connectivity index (χ1n) is 8.98. The first kappa shape index (κ1) is 17.8. The Morgan fingerprint density at radius 1 is 1.07 bits per heavy atom. The zero-order valence-electron chi connectivity index (χ0n) is 14.6. The summed E-state index contributed by atoms with van der Waals surface area (Å²) < 4.78 is 38.5. The Morgan fingerprint density at radius 3 is 2.56 bits per heavy atom. The van der Waals surface area contributed by atoms with Crippen LogP contribution in [-0.2, 0) is 17.4 Å². The Morgan fingerprint density at radius 2 is 1.81 bits per heavy atom. The van der Waals surface area contributed by atoms with Crippen molar-refractivity contribution in [3.05, 3.63) is 47.8 Å². The molecule has 8 heteroatoms. The van der Waals surface area contributed by atoms with Gasteiger partial charge in [-0.25, -0.2) is 9.97 Å². The van der Waals surface area contributed by atoms with Crippen LogP contribution in [0.3, 0.4) is 0 Å². The Labute approximate surface area is 154 Å².